The number of halogens is 1. The molecule has 0 saturated heterocycles. The van der Waals surface area contributed by atoms with Crippen molar-refractivity contribution in [1.82, 2.24) is 0 Å². The average Bonchev–Trinajstić information content (AvgIpc) is 2.37. The molecule has 0 spiro atoms. The quantitative estimate of drug-likeness (QED) is 0.893. The molecule has 1 saturated carbocycles. The third-order valence-corrected chi connectivity index (χ3v) is 4.43. The monoisotopic (exact) mass is 264 g/mol. The molecule has 3 atom stereocenters. The topological polar surface area (TPSA) is 37.3 Å². The zero-order chi connectivity index (χ0) is 14.0. The summed E-state index contributed by atoms with van der Waals surface area (Å²) >= 11 is 0. The van der Waals surface area contributed by atoms with Crippen molar-refractivity contribution in [3.05, 3.63) is 35.6 Å². The van der Waals surface area contributed by atoms with Crippen molar-refractivity contribution >= 4 is 5.97 Å². The van der Waals surface area contributed by atoms with Gasteiger partial charge in [-0.1, -0.05) is 26.0 Å². The van der Waals surface area contributed by atoms with Gasteiger partial charge in [-0.15, -0.1) is 0 Å². The second-order valence-corrected chi connectivity index (χ2v) is 5.92. The van der Waals surface area contributed by atoms with Crippen molar-refractivity contribution in [2.24, 2.45) is 17.8 Å². The molecule has 19 heavy (non-hydrogen) atoms. The fourth-order valence-corrected chi connectivity index (χ4v) is 3.21. The summed E-state index contributed by atoms with van der Waals surface area (Å²) < 4.78 is 13.4. The van der Waals surface area contributed by atoms with Crippen LogP contribution in [0.15, 0.2) is 24.3 Å². The van der Waals surface area contributed by atoms with Crippen molar-refractivity contribution in [1.29, 1.82) is 0 Å². The number of aliphatic carboxylic acids is 1. The fraction of sp³-hybridized carbons (Fsp3) is 0.562. The van der Waals surface area contributed by atoms with E-state index in [4.69, 9.17) is 0 Å². The van der Waals surface area contributed by atoms with Crippen molar-refractivity contribution in [3.63, 3.8) is 0 Å². The number of benzene rings is 1. The lowest BCUT2D eigenvalue weighted by Crippen LogP contribution is -2.31. The first-order chi connectivity index (χ1) is 8.99. The summed E-state index contributed by atoms with van der Waals surface area (Å²) in [7, 11) is 0. The predicted octanol–water partition coefficient (Wildman–Crippen LogP) is 4.07. The van der Waals surface area contributed by atoms with Crippen LogP contribution in [0.1, 0.15) is 44.6 Å². The first-order valence-corrected chi connectivity index (χ1v) is 6.97. The van der Waals surface area contributed by atoms with Crippen LogP contribution in [0.25, 0.3) is 0 Å². The van der Waals surface area contributed by atoms with Gasteiger partial charge in [0.15, 0.2) is 0 Å². The Morgan fingerprint density at radius 2 is 2.11 bits per heavy atom. The van der Waals surface area contributed by atoms with E-state index in [0.29, 0.717) is 18.3 Å². The zero-order valence-electron chi connectivity index (χ0n) is 11.5. The van der Waals surface area contributed by atoms with E-state index in [2.05, 4.69) is 13.8 Å². The standard InChI is InChI=1S/C16H21FO2/c1-10(2)11-6-7-14(16(18)19)15(9-11)12-4-3-5-13(17)8-12/h3-5,8,10-11,14-15H,6-7,9H2,1-2H3,(H,18,19). The normalized spacial score (nSPS) is 27.5. The van der Waals surface area contributed by atoms with Gasteiger partial charge in [0, 0.05) is 0 Å². The van der Waals surface area contributed by atoms with Gasteiger partial charge in [-0.25, -0.2) is 4.39 Å². The van der Waals surface area contributed by atoms with Crippen LogP contribution in [0.3, 0.4) is 0 Å². The molecule has 2 nitrogen and oxygen atoms in total. The number of hydrogen-bond acceptors (Lipinski definition) is 1. The maximum atomic E-state index is 13.4. The van der Waals surface area contributed by atoms with Gasteiger partial charge >= 0.3 is 5.97 Å². The van der Waals surface area contributed by atoms with E-state index >= 15 is 0 Å². The molecule has 0 aliphatic heterocycles. The summed E-state index contributed by atoms with van der Waals surface area (Å²) in [6, 6.07) is 6.42. The molecule has 1 aromatic rings. The summed E-state index contributed by atoms with van der Waals surface area (Å²) in [6.07, 6.45) is 2.50. The van der Waals surface area contributed by atoms with E-state index in [1.807, 2.05) is 6.07 Å². The molecule has 3 heteroatoms. The summed E-state index contributed by atoms with van der Waals surface area (Å²) in [5.74, 6) is -0.398. The van der Waals surface area contributed by atoms with E-state index in [0.717, 1.165) is 18.4 Å². The van der Waals surface area contributed by atoms with E-state index in [1.54, 1.807) is 6.07 Å². The molecule has 2 rings (SSSR count). The summed E-state index contributed by atoms with van der Waals surface area (Å²) in [6.45, 7) is 4.35. The second-order valence-electron chi connectivity index (χ2n) is 5.92. The third-order valence-electron chi connectivity index (χ3n) is 4.43. The highest BCUT2D eigenvalue weighted by atomic mass is 19.1. The average molecular weight is 264 g/mol. The highest BCUT2D eigenvalue weighted by Gasteiger charge is 2.36. The number of hydrogen-bond donors (Lipinski definition) is 1. The fourth-order valence-electron chi connectivity index (χ4n) is 3.21. The molecule has 3 unspecified atom stereocenters. The van der Waals surface area contributed by atoms with Crippen LogP contribution in [0, 0.1) is 23.6 Å². The van der Waals surface area contributed by atoms with Crippen LogP contribution < -0.4 is 0 Å². The third kappa shape index (κ3) is 3.14. The van der Waals surface area contributed by atoms with Crippen molar-refractivity contribution in [2.75, 3.05) is 0 Å². The van der Waals surface area contributed by atoms with Gasteiger partial charge in [-0.3, -0.25) is 4.79 Å². The van der Waals surface area contributed by atoms with Crippen LogP contribution in [0.2, 0.25) is 0 Å². The molecule has 1 fully saturated rings. The lowest BCUT2D eigenvalue weighted by Gasteiger charge is -2.36. The Morgan fingerprint density at radius 3 is 2.68 bits per heavy atom. The zero-order valence-corrected chi connectivity index (χ0v) is 11.5. The smallest absolute Gasteiger partial charge is 0.307 e. The van der Waals surface area contributed by atoms with Crippen LogP contribution in [0.4, 0.5) is 4.39 Å². The molecule has 0 radical (unpaired) electrons. The maximum Gasteiger partial charge on any atom is 0.307 e. The molecule has 0 heterocycles. The molecular weight excluding hydrogens is 243 g/mol. The van der Waals surface area contributed by atoms with E-state index in [1.165, 1.54) is 12.1 Å². The number of rotatable bonds is 3. The van der Waals surface area contributed by atoms with Crippen molar-refractivity contribution in [2.45, 2.75) is 39.0 Å². The summed E-state index contributed by atoms with van der Waals surface area (Å²) in [5.41, 5.74) is 0.831. The van der Waals surface area contributed by atoms with Gasteiger partial charge in [0.2, 0.25) is 0 Å². The maximum absolute atomic E-state index is 13.4. The molecular formula is C16H21FO2. The summed E-state index contributed by atoms with van der Waals surface area (Å²) in [4.78, 5) is 11.4. The molecule has 0 amide bonds. The van der Waals surface area contributed by atoms with E-state index < -0.39 is 5.97 Å². The number of carboxylic acid groups (broad SMARTS) is 1. The van der Waals surface area contributed by atoms with Crippen LogP contribution in [0.5, 0.6) is 0 Å². The minimum Gasteiger partial charge on any atom is -0.481 e. The highest BCUT2D eigenvalue weighted by molar-refractivity contribution is 5.71. The Morgan fingerprint density at radius 1 is 1.37 bits per heavy atom. The first-order valence-electron chi connectivity index (χ1n) is 6.97. The van der Waals surface area contributed by atoms with Crippen molar-refractivity contribution in [3.8, 4) is 0 Å². The molecule has 104 valence electrons. The van der Waals surface area contributed by atoms with E-state index in [9.17, 15) is 14.3 Å². The van der Waals surface area contributed by atoms with Gasteiger partial charge in [-0.2, -0.15) is 0 Å². The Labute approximate surface area is 113 Å². The first kappa shape index (κ1) is 14.0. The minimum atomic E-state index is -0.753. The van der Waals surface area contributed by atoms with Crippen LogP contribution in [-0.4, -0.2) is 11.1 Å². The molecule has 1 N–H and O–H groups in total. The molecule has 0 aromatic heterocycles. The predicted molar refractivity (Wildman–Crippen MR) is 72.4 cm³/mol. The lowest BCUT2D eigenvalue weighted by molar-refractivity contribution is -0.144. The Hall–Kier alpha value is -1.38. The SMILES string of the molecule is CC(C)C1CCC(C(=O)O)C(c2cccc(F)c2)C1. The second kappa shape index (κ2) is 5.72. The molecule has 1 aliphatic carbocycles. The Balaban J connectivity index is 2.27. The lowest BCUT2D eigenvalue weighted by atomic mass is 9.68. The van der Waals surface area contributed by atoms with Gasteiger partial charge in [0.1, 0.15) is 5.82 Å². The van der Waals surface area contributed by atoms with E-state index in [-0.39, 0.29) is 17.7 Å². The Kier molecular flexibility index (Phi) is 4.23. The van der Waals surface area contributed by atoms with Crippen LogP contribution >= 0.6 is 0 Å². The van der Waals surface area contributed by atoms with Gasteiger partial charge in [0.05, 0.1) is 5.92 Å². The minimum absolute atomic E-state index is 0.0608. The van der Waals surface area contributed by atoms with Gasteiger partial charge in [0.25, 0.3) is 0 Å². The largest absolute Gasteiger partial charge is 0.481 e. The Bertz CT molecular complexity index is 456. The molecule has 1 aliphatic rings. The van der Waals surface area contributed by atoms with Gasteiger partial charge in [-0.05, 0) is 54.7 Å². The molecule has 1 aromatic carbocycles. The molecule has 0 bridgehead atoms. The van der Waals surface area contributed by atoms with Crippen LogP contribution in [-0.2, 0) is 4.79 Å². The van der Waals surface area contributed by atoms with Gasteiger partial charge < -0.3 is 5.11 Å². The summed E-state index contributed by atoms with van der Waals surface area (Å²) in [5, 5.41) is 9.37. The number of carboxylic acids is 1. The highest BCUT2D eigenvalue weighted by Crippen LogP contribution is 2.43. The van der Waals surface area contributed by atoms with Crippen molar-refractivity contribution < 1.29 is 14.3 Å². The number of carbonyl (C=O) groups is 1.